The molecular weight excluding hydrogens is 218 g/mol. The Morgan fingerprint density at radius 2 is 2.00 bits per heavy atom. The molecule has 0 amide bonds. The van der Waals surface area contributed by atoms with Crippen LogP contribution in [0.1, 0.15) is 56.7 Å². The molecule has 96 valence electrons. The summed E-state index contributed by atoms with van der Waals surface area (Å²) in [5, 5.41) is 3.84. The normalized spacial score (nSPS) is 32.1. The molecular formula is C17H23N. The monoisotopic (exact) mass is 241 g/mol. The van der Waals surface area contributed by atoms with Crippen LogP contribution >= 0.6 is 0 Å². The number of fused-ring (bicyclic) bond motifs is 2. The fourth-order valence-electron chi connectivity index (χ4n) is 4.11. The number of rotatable bonds is 2. The molecule has 1 N–H and O–H groups in total. The van der Waals surface area contributed by atoms with Crippen LogP contribution in [0.2, 0.25) is 0 Å². The lowest BCUT2D eigenvalue weighted by Gasteiger charge is -2.54. The molecule has 0 spiro atoms. The zero-order valence-corrected chi connectivity index (χ0v) is 11.7. The van der Waals surface area contributed by atoms with Gasteiger partial charge in [-0.2, -0.15) is 0 Å². The van der Waals surface area contributed by atoms with Crippen LogP contribution in [0, 0.1) is 5.41 Å². The summed E-state index contributed by atoms with van der Waals surface area (Å²) < 4.78 is 0. The van der Waals surface area contributed by atoms with Gasteiger partial charge in [-0.1, -0.05) is 43.7 Å². The van der Waals surface area contributed by atoms with Crippen molar-refractivity contribution >= 4 is 0 Å². The lowest BCUT2D eigenvalue weighted by molar-refractivity contribution is 0.104. The van der Waals surface area contributed by atoms with Gasteiger partial charge in [0.25, 0.3) is 0 Å². The van der Waals surface area contributed by atoms with E-state index < -0.39 is 0 Å². The topological polar surface area (TPSA) is 12.0 Å². The first-order valence-electron chi connectivity index (χ1n) is 6.98. The summed E-state index contributed by atoms with van der Waals surface area (Å²) >= 11 is 0. The average molecular weight is 241 g/mol. The summed E-state index contributed by atoms with van der Waals surface area (Å²) in [6.45, 7) is 11.1. The fourth-order valence-corrected chi connectivity index (χ4v) is 4.11. The van der Waals surface area contributed by atoms with Crippen molar-refractivity contribution in [1.29, 1.82) is 0 Å². The molecule has 1 heteroatoms. The maximum Gasteiger partial charge on any atom is 0.0331 e. The zero-order valence-electron chi connectivity index (χ0n) is 11.7. The number of piperidine rings is 1. The van der Waals surface area contributed by atoms with E-state index in [1.807, 2.05) is 0 Å². The number of benzene rings is 1. The SMILES string of the molecule is C=C(C)C[C@H]1N[C@H]2CC(C)(C)[C@@H]1c1ccccc12. The molecule has 0 saturated carbocycles. The Morgan fingerprint density at radius 3 is 2.67 bits per heavy atom. The van der Waals surface area contributed by atoms with Gasteiger partial charge in [-0.3, -0.25) is 0 Å². The van der Waals surface area contributed by atoms with Crippen molar-refractivity contribution < 1.29 is 0 Å². The average Bonchev–Trinajstić information content (AvgIpc) is 2.26. The van der Waals surface area contributed by atoms with Gasteiger partial charge in [0.05, 0.1) is 0 Å². The summed E-state index contributed by atoms with van der Waals surface area (Å²) in [6.07, 6.45) is 2.35. The smallest absolute Gasteiger partial charge is 0.0331 e. The van der Waals surface area contributed by atoms with Crippen LogP contribution in [0.3, 0.4) is 0 Å². The molecule has 1 aromatic rings. The number of nitrogens with one attached hydrogen (secondary N) is 1. The summed E-state index contributed by atoms with van der Waals surface area (Å²) in [5.74, 6) is 0.621. The molecule has 2 heterocycles. The molecule has 0 aromatic heterocycles. The Hall–Kier alpha value is -1.08. The second-order valence-corrected chi connectivity index (χ2v) is 6.79. The van der Waals surface area contributed by atoms with Gasteiger partial charge < -0.3 is 5.32 Å². The Bertz CT molecular complexity index is 486. The predicted molar refractivity (Wildman–Crippen MR) is 76.7 cm³/mol. The van der Waals surface area contributed by atoms with Crippen molar-refractivity contribution in [1.82, 2.24) is 5.32 Å². The van der Waals surface area contributed by atoms with Crippen molar-refractivity contribution in [2.24, 2.45) is 5.41 Å². The maximum absolute atomic E-state index is 4.10. The number of hydrogen-bond acceptors (Lipinski definition) is 1. The summed E-state index contributed by atoms with van der Waals surface area (Å²) in [4.78, 5) is 0. The van der Waals surface area contributed by atoms with E-state index in [0.29, 0.717) is 23.4 Å². The van der Waals surface area contributed by atoms with Crippen LogP contribution in [0.15, 0.2) is 36.4 Å². The third kappa shape index (κ3) is 1.73. The molecule has 3 atom stereocenters. The highest BCUT2D eigenvalue weighted by atomic mass is 15.0. The molecule has 1 aliphatic carbocycles. The first-order chi connectivity index (χ1) is 8.49. The van der Waals surface area contributed by atoms with E-state index in [0.717, 1.165) is 6.42 Å². The van der Waals surface area contributed by atoms with Gasteiger partial charge in [-0.15, -0.1) is 6.58 Å². The highest BCUT2D eigenvalue weighted by Gasteiger charge is 2.48. The molecule has 1 nitrogen and oxygen atoms in total. The van der Waals surface area contributed by atoms with Crippen molar-refractivity contribution in [2.45, 2.75) is 51.6 Å². The fraction of sp³-hybridized carbons (Fsp3) is 0.529. The third-order valence-electron chi connectivity index (χ3n) is 4.66. The van der Waals surface area contributed by atoms with Crippen molar-refractivity contribution in [3.63, 3.8) is 0 Å². The molecule has 1 fully saturated rings. The van der Waals surface area contributed by atoms with E-state index in [4.69, 9.17) is 0 Å². The first kappa shape index (κ1) is 12.0. The molecule has 1 saturated heterocycles. The summed E-state index contributed by atoms with van der Waals surface area (Å²) in [5.41, 5.74) is 4.78. The van der Waals surface area contributed by atoms with E-state index >= 15 is 0 Å². The van der Waals surface area contributed by atoms with Crippen molar-refractivity contribution in [2.75, 3.05) is 0 Å². The highest BCUT2D eigenvalue weighted by molar-refractivity contribution is 5.41. The quantitative estimate of drug-likeness (QED) is 0.766. The first-order valence-corrected chi connectivity index (χ1v) is 6.98. The standard InChI is InChI=1S/C17H23N/c1-11(2)9-14-16-13-8-6-5-7-12(13)15(18-14)10-17(16,3)4/h5-8,14-16,18H,1,9-10H2,2-4H3/t14-,15+,16-/m1/s1. The minimum Gasteiger partial charge on any atom is -0.306 e. The van der Waals surface area contributed by atoms with Gasteiger partial charge in [0.1, 0.15) is 0 Å². The molecule has 0 unspecified atom stereocenters. The summed E-state index contributed by atoms with van der Waals surface area (Å²) in [6, 6.07) is 10.1. The predicted octanol–water partition coefficient (Wildman–Crippen LogP) is 4.18. The van der Waals surface area contributed by atoms with Gasteiger partial charge in [0.2, 0.25) is 0 Å². The lowest BCUT2D eigenvalue weighted by atomic mass is 9.58. The number of hydrogen-bond donors (Lipinski definition) is 1. The Labute approximate surface area is 110 Å². The molecule has 18 heavy (non-hydrogen) atoms. The molecule has 1 aromatic carbocycles. The Kier molecular flexibility index (Phi) is 2.63. The minimum atomic E-state index is 0.393. The van der Waals surface area contributed by atoms with E-state index in [-0.39, 0.29) is 0 Å². The second kappa shape index (κ2) is 3.96. The Morgan fingerprint density at radius 1 is 1.33 bits per heavy atom. The van der Waals surface area contributed by atoms with Gasteiger partial charge >= 0.3 is 0 Å². The van der Waals surface area contributed by atoms with Crippen LogP contribution in [0.4, 0.5) is 0 Å². The lowest BCUT2D eigenvalue weighted by Crippen LogP contribution is -2.54. The zero-order chi connectivity index (χ0) is 12.9. The van der Waals surface area contributed by atoms with Crippen LogP contribution in [-0.4, -0.2) is 6.04 Å². The molecule has 2 bridgehead atoms. The van der Waals surface area contributed by atoms with Crippen LogP contribution < -0.4 is 5.32 Å². The third-order valence-corrected chi connectivity index (χ3v) is 4.66. The van der Waals surface area contributed by atoms with E-state index in [9.17, 15) is 0 Å². The summed E-state index contributed by atoms with van der Waals surface area (Å²) in [7, 11) is 0. The van der Waals surface area contributed by atoms with Gasteiger partial charge in [-0.05, 0) is 36.3 Å². The van der Waals surface area contributed by atoms with Crippen LogP contribution in [0.25, 0.3) is 0 Å². The van der Waals surface area contributed by atoms with Crippen LogP contribution in [-0.2, 0) is 0 Å². The molecule has 0 radical (unpaired) electrons. The molecule has 3 aliphatic rings. The van der Waals surface area contributed by atoms with Crippen LogP contribution in [0.5, 0.6) is 0 Å². The maximum atomic E-state index is 4.10. The largest absolute Gasteiger partial charge is 0.306 e. The van der Waals surface area contributed by atoms with Gasteiger partial charge in [0, 0.05) is 18.0 Å². The van der Waals surface area contributed by atoms with Crippen molar-refractivity contribution in [3.05, 3.63) is 47.5 Å². The highest BCUT2D eigenvalue weighted by Crippen LogP contribution is 2.55. The Balaban J connectivity index is 2.06. The minimum absolute atomic E-state index is 0.393. The molecule has 2 aliphatic heterocycles. The second-order valence-electron chi connectivity index (χ2n) is 6.79. The van der Waals surface area contributed by atoms with E-state index in [1.165, 1.54) is 17.6 Å². The van der Waals surface area contributed by atoms with E-state index in [1.54, 1.807) is 5.56 Å². The van der Waals surface area contributed by atoms with E-state index in [2.05, 4.69) is 56.9 Å². The van der Waals surface area contributed by atoms with Crippen molar-refractivity contribution in [3.8, 4) is 0 Å². The van der Waals surface area contributed by atoms with Gasteiger partial charge in [-0.25, -0.2) is 0 Å². The van der Waals surface area contributed by atoms with Gasteiger partial charge in [0.15, 0.2) is 0 Å². The molecule has 4 rings (SSSR count).